The van der Waals surface area contributed by atoms with Crippen molar-refractivity contribution in [3.63, 3.8) is 0 Å². The topological polar surface area (TPSA) is 0 Å². The minimum absolute atomic E-state index is 0.377. The second kappa shape index (κ2) is 5.90. The van der Waals surface area contributed by atoms with Crippen molar-refractivity contribution in [3.05, 3.63) is 68.2 Å². The molecule has 0 aliphatic heterocycles. The van der Waals surface area contributed by atoms with E-state index in [2.05, 4.69) is 31.9 Å². The van der Waals surface area contributed by atoms with E-state index in [0.29, 0.717) is 16.1 Å². The number of alkyl halides is 1. The maximum atomic E-state index is 13.8. The molecular weight excluding hydrogens is 401 g/mol. The Bertz CT molecular complexity index is 629. The van der Waals surface area contributed by atoms with Gasteiger partial charge in [0.15, 0.2) is 0 Å². The van der Waals surface area contributed by atoms with Crippen molar-refractivity contribution in [1.82, 2.24) is 0 Å². The fourth-order valence-electron chi connectivity index (χ4n) is 1.72. The molecule has 0 saturated carbocycles. The first-order chi connectivity index (χ1) is 8.90. The van der Waals surface area contributed by atoms with Crippen molar-refractivity contribution in [2.45, 2.75) is 11.8 Å². The number of aryl methyl sites for hydroxylation is 1. The monoisotopic (exact) mass is 408 g/mol. The van der Waals surface area contributed by atoms with Crippen LogP contribution in [0.5, 0.6) is 0 Å². The number of rotatable bonds is 2. The molecule has 1 atom stereocenters. The van der Waals surface area contributed by atoms with E-state index in [-0.39, 0.29) is 4.83 Å². The zero-order valence-corrected chi connectivity index (χ0v) is 13.8. The number of hydrogen-bond acceptors (Lipinski definition) is 0. The van der Waals surface area contributed by atoms with Crippen LogP contribution < -0.4 is 0 Å². The van der Waals surface area contributed by atoms with E-state index < -0.39 is 11.6 Å². The Kier molecular flexibility index (Phi) is 4.64. The van der Waals surface area contributed by atoms with Gasteiger partial charge >= 0.3 is 0 Å². The highest BCUT2D eigenvalue weighted by Gasteiger charge is 2.17. The van der Waals surface area contributed by atoms with Gasteiger partial charge in [0.25, 0.3) is 0 Å². The Hall–Kier alpha value is -0.450. The maximum absolute atomic E-state index is 13.8. The summed E-state index contributed by atoms with van der Waals surface area (Å²) in [7, 11) is 0. The van der Waals surface area contributed by atoms with Gasteiger partial charge in [0.05, 0.1) is 9.85 Å². The van der Waals surface area contributed by atoms with Crippen molar-refractivity contribution in [3.8, 4) is 0 Å². The summed E-state index contributed by atoms with van der Waals surface area (Å²) in [6.45, 7) is 1.60. The Morgan fingerprint density at radius 1 is 1.11 bits per heavy atom. The van der Waals surface area contributed by atoms with Gasteiger partial charge in [0, 0.05) is 16.1 Å². The van der Waals surface area contributed by atoms with E-state index in [1.807, 2.05) is 6.07 Å². The first kappa shape index (κ1) is 14.9. The van der Waals surface area contributed by atoms with Crippen LogP contribution in [-0.2, 0) is 0 Å². The summed E-state index contributed by atoms with van der Waals surface area (Å²) in [5.41, 5.74) is 1.60. The van der Waals surface area contributed by atoms with E-state index in [0.717, 1.165) is 16.1 Å². The zero-order chi connectivity index (χ0) is 14.2. The summed E-state index contributed by atoms with van der Waals surface area (Å²) in [6.07, 6.45) is 0. The minimum atomic E-state index is -0.580. The third-order valence-electron chi connectivity index (χ3n) is 2.79. The predicted octanol–water partition coefficient (Wildman–Crippen LogP) is 6.17. The van der Waals surface area contributed by atoms with Crippen molar-refractivity contribution in [1.29, 1.82) is 0 Å². The average Bonchev–Trinajstić information content (AvgIpc) is 2.36. The summed E-state index contributed by atoms with van der Waals surface area (Å²) in [6, 6.07) is 7.76. The summed E-state index contributed by atoms with van der Waals surface area (Å²) < 4.78 is 27.9. The Balaban J connectivity index is 2.46. The second-order valence-corrected chi connectivity index (χ2v) is 6.34. The van der Waals surface area contributed by atoms with Crippen molar-refractivity contribution in [2.75, 3.05) is 0 Å². The minimum Gasteiger partial charge on any atom is -0.207 e. The summed E-state index contributed by atoms with van der Waals surface area (Å²) >= 11 is 12.7. The van der Waals surface area contributed by atoms with Crippen LogP contribution in [0.4, 0.5) is 8.78 Å². The first-order valence-electron chi connectivity index (χ1n) is 5.44. The van der Waals surface area contributed by atoms with E-state index in [9.17, 15) is 8.78 Å². The molecule has 0 saturated heterocycles. The summed E-state index contributed by atoms with van der Waals surface area (Å²) in [4.78, 5) is -0.377. The van der Waals surface area contributed by atoms with Gasteiger partial charge in [-0.2, -0.15) is 0 Å². The SMILES string of the molecule is Cc1cc(C(Br)c2ccc(Br)c(Cl)c2)c(F)cc1F. The zero-order valence-electron chi connectivity index (χ0n) is 9.85. The molecule has 0 aliphatic rings. The molecule has 0 aromatic heterocycles. The second-order valence-electron chi connectivity index (χ2n) is 4.16. The highest BCUT2D eigenvalue weighted by molar-refractivity contribution is 9.10. The predicted molar refractivity (Wildman–Crippen MR) is 81.0 cm³/mol. The largest absolute Gasteiger partial charge is 0.207 e. The molecule has 0 bridgehead atoms. The molecule has 2 aromatic carbocycles. The van der Waals surface area contributed by atoms with Gasteiger partial charge in [0.1, 0.15) is 11.6 Å². The molecule has 0 N–H and O–H groups in total. The molecule has 2 aromatic rings. The standard InChI is InChI=1S/C14H9Br2ClF2/c1-7-4-9(13(19)6-12(7)18)14(16)8-2-3-10(15)11(17)5-8/h2-6,14H,1H3. The Morgan fingerprint density at radius 2 is 1.79 bits per heavy atom. The van der Waals surface area contributed by atoms with E-state index in [1.165, 1.54) is 6.07 Å². The lowest BCUT2D eigenvalue weighted by atomic mass is 10.0. The van der Waals surface area contributed by atoms with Gasteiger partial charge in [-0.3, -0.25) is 0 Å². The van der Waals surface area contributed by atoms with Gasteiger partial charge in [-0.15, -0.1) is 0 Å². The van der Waals surface area contributed by atoms with Crippen LogP contribution >= 0.6 is 43.5 Å². The summed E-state index contributed by atoms with van der Waals surface area (Å²) in [5.74, 6) is -1.13. The third kappa shape index (κ3) is 3.18. The Morgan fingerprint density at radius 3 is 2.42 bits per heavy atom. The molecule has 0 nitrogen and oxygen atoms in total. The van der Waals surface area contributed by atoms with Crippen LogP contribution in [0.15, 0.2) is 34.8 Å². The van der Waals surface area contributed by atoms with Crippen LogP contribution in [0.2, 0.25) is 5.02 Å². The maximum Gasteiger partial charge on any atom is 0.130 e. The number of benzene rings is 2. The molecule has 0 fully saturated rings. The first-order valence-corrected chi connectivity index (χ1v) is 7.53. The number of hydrogen-bond donors (Lipinski definition) is 0. The lowest BCUT2D eigenvalue weighted by molar-refractivity contribution is 0.569. The highest BCUT2D eigenvalue weighted by Crippen LogP contribution is 2.36. The van der Waals surface area contributed by atoms with E-state index >= 15 is 0 Å². The molecule has 2 rings (SSSR count). The van der Waals surface area contributed by atoms with Crippen LogP contribution in [0, 0.1) is 18.6 Å². The highest BCUT2D eigenvalue weighted by atomic mass is 79.9. The van der Waals surface area contributed by atoms with Crippen molar-refractivity contribution < 1.29 is 8.78 Å². The number of halogens is 5. The molecule has 19 heavy (non-hydrogen) atoms. The average molecular weight is 410 g/mol. The van der Waals surface area contributed by atoms with Gasteiger partial charge in [-0.1, -0.05) is 33.6 Å². The molecule has 5 heteroatoms. The van der Waals surface area contributed by atoms with Crippen LogP contribution in [0.1, 0.15) is 21.5 Å². The molecule has 100 valence electrons. The molecule has 0 aliphatic carbocycles. The quantitative estimate of drug-likeness (QED) is 0.519. The van der Waals surface area contributed by atoms with E-state index in [4.69, 9.17) is 11.6 Å². The molecule has 1 unspecified atom stereocenters. The molecule has 0 heterocycles. The van der Waals surface area contributed by atoms with Gasteiger partial charge < -0.3 is 0 Å². The van der Waals surface area contributed by atoms with Gasteiger partial charge in [0.2, 0.25) is 0 Å². The fourth-order valence-corrected chi connectivity index (χ4v) is 2.79. The van der Waals surface area contributed by atoms with Gasteiger partial charge in [-0.25, -0.2) is 8.78 Å². The normalized spacial score (nSPS) is 12.5. The lowest BCUT2D eigenvalue weighted by Gasteiger charge is -2.14. The van der Waals surface area contributed by atoms with Crippen molar-refractivity contribution >= 4 is 43.5 Å². The van der Waals surface area contributed by atoms with Crippen molar-refractivity contribution in [2.24, 2.45) is 0 Å². The Labute approximate surface area is 132 Å². The van der Waals surface area contributed by atoms with Gasteiger partial charge in [-0.05, 0) is 52.2 Å². The molecule has 0 amide bonds. The summed E-state index contributed by atoms with van der Waals surface area (Å²) in [5, 5.41) is 0.543. The van der Waals surface area contributed by atoms with Crippen LogP contribution in [-0.4, -0.2) is 0 Å². The van der Waals surface area contributed by atoms with Crippen LogP contribution in [0.3, 0.4) is 0 Å². The molecule has 0 radical (unpaired) electrons. The molecular formula is C14H9Br2ClF2. The lowest BCUT2D eigenvalue weighted by Crippen LogP contribution is -1.99. The smallest absolute Gasteiger partial charge is 0.130 e. The third-order valence-corrected chi connectivity index (χ3v) is 5.04. The van der Waals surface area contributed by atoms with Crippen LogP contribution in [0.25, 0.3) is 0 Å². The van der Waals surface area contributed by atoms with E-state index in [1.54, 1.807) is 19.1 Å². The fraction of sp³-hybridized carbons (Fsp3) is 0.143. The molecule has 0 spiro atoms.